The van der Waals surface area contributed by atoms with Crippen molar-refractivity contribution in [3.05, 3.63) is 94.0 Å². The predicted octanol–water partition coefficient (Wildman–Crippen LogP) is 8.94. The third-order valence-corrected chi connectivity index (χ3v) is 11.8. The molecule has 1 aliphatic rings. The smallest absolute Gasteiger partial charge is 0.127 e. The van der Waals surface area contributed by atoms with Gasteiger partial charge in [-0.1, -0.05) is 121 Å². The Hall–Kier alpha value is -2.15. The fourth-order valence-corrected chi connectivity index (χ4v) is 8.55. The van der Waals surface area contributed by atoms with Crippen LogP contribution in [0.1, 0.15) is 93.7 Å². The van der Waals surface area contributed by atoms with E-state index in [1.807, 2.05) is 0 Å². The van der Waals surface area contributed by atoms with Crippen LogP contribution in [0.15, 0.2) is 60.7 Å². The summed E-state index contributed by atoms with van der Waals surface area (Å²) in [6.45, 7) is 18.0. The van der Waals surface area contributed by atoms with Gasteiger partial charge in [0, 0.05) is 28.2 Å². The Morgan fingerprint density at radius 3 is 2.31 bits per heavy atom. The highest BCUT2D eigenvalue weighted by atomic mass is 31.1. The van der Waals surface area contributed by atoms with Gasteiger partial charge in [-0.15, -0.1) is 0 Å². The number of hydrogen-bond acceptors (Lipinski definition) is 2. The van der Waals surface area contributed by atoms with Gasteiger partial charge in [0.05, 0.1) is 0 Å². The summed E-state index contributed by atoms with van der Waals surface area (Å²) in [5.74, 6) is 2.55. The first-order valence-electron chi connectivity index (χ1n) is 15.1. The molecule has 4 atom stereocenters. The highest BCUT2D eigenvalue weighted by molar-refractivity contribution is 7.48. The van der Waals surface area contributed by atoms with E-state index in [9.17, 15) is 0 Å². The molecular formula is C36H50NOP. The quantitative estimate of drug-likeness (QED) is 0.217. The molecule has 1 saturated carbocycles. The molecule has 0 spiro atoms. The van der Waals surface area contributed by atoms with E-state index in [2.05, 4.69) is 121 Å². The monoisotopic (exact) mass is 543 g/mol. The summed E-state index contributed by atoms with van der Waals surface area (Å²) >= 11 is 0. The number of benzene rings is 3. The fraction of sp³-hybridized carbons (Fsp3) is 0.500. The highest BCUT2D eigenvalue weighted by Crippen LogP contribution is 2.65. The number of rotatable bonds is 13. The third kappa shape index (κ3) is 5.98. The van der Waals surface area contributed by atoms with Crippen molar-refractivity contribution in [2.45, 2.75) is 97.9 Å². The van der Waals surface area contributed by atoms with Gasteiger partial charge in [-0.3, -0.25) is 0 Å². The molecule has 1 N–H and O–H groups in total. The van der Waals surface area contributed by atoms with Crippen LogP contribution in [0, 0.1) is 25.7 Å². The van der Waals surface area contributed by atoms with Crippen molar-refractivity contribution in [1.82, 2.24) is 5.32 Å². The Morgan fingerprint density at radius 1 is 0.949 bits per heavy atom. The lowest BCUT2D eigenvalue weighted by Gasteiger charge is -2.37. The van der Waals surface area contributed by atoms with E-state index in [1.54, 1.807) is 0 Å². The van der Waals surface area contributed by atoms with Crippen LogP contribution in [0.3, 0.4) is 0 Å². The van der Waals surface area contributed by atoms with Crippen LogP contribution in [0.5, 0.6) is 5.75 Å². The molecule has 0 amide bonds. The van der Waals surface area contributed by atoms with Crippen LogP contribution in [0.25, 0.3) is 0 Å². The van der Waals surface area contributed by atoms with E-state index in [-0.39, 0.29) is 10.6 Å². The largest absolute Gasteiger partial charge is 0.488 e. The molecule has 0 radical (unpaired) electrons. The SMILES string of the molecule is CCCC1C(C)C1(C)c1cc(C)cc(C(CC)(CC)Pc2ccc(C)cc2CNC)c1OCc1ccccc1. The van der Waals surface area contributed by atoms with Crippen molar-refractivity contribution in [2.75, 3.05) is 7.05 Å². The number of aryl methyl sites for hydroxylation is 2. The van der Waals surface area contributed by atoms with Gasteiger partial charge in [0.2, 0.25) is 0 Å². The summed E-state index contributed by atoms with van der Waals surface area (Å²) in [5, 5.41) is 4.92. The number of hydrogen-bond donors (Lipinski definition) is 1. The first-order chi connectivity index (χ1) is 18.7. The van der Waals surface area contributed by atoms with Gasteiger partial charge < -0.3 is 10.1 Å². The lowest BCUT2D eigenvalue weighted by molar-refractivity contribution is 0.291. The van der Waals surface area contributed by atoms with Crippen molar-refractivity contribution in [3.63, 3.8) is 0 Å². The maximum atomic E-state index is 6.99. The Morgan fingerprint density at radius 2 is 1.67 bits per heavy atom. The molecule has 0 aromatic heterocycles. The molecule has 0 heterocycles. The molecule has 39 heavy (non-hydrogen) atoms. The lowest BCUT2D eigenvalue weighted by atomic mass is 9.83. The normalized spacial score (nSPS) is 21.0. The van der Waals surface area contributed by atoms with Crippen LogP contribution < -0.4 is 15.4 Å². The van der Waals surface area contributed by atoms with Gasteiger partial charge in [-0.25, -0.2) is 0 Å². The van der Waals surface area contributed by atoms with Crippen molar-refractivity contribution >= 4 is 13.9 Å². The van der Waals surface area contributed by atoms with Gasteiger partial charge in [-0.2, -0.15) is 0 Å². The molecule has 0 saturated heterocycles. The Balaban J connectivity index is 1.87. The van der Waals surface area contributed by atoms with Gasteiger partial charge in [0.1, 0.15) is 12.4 Å². The van der Waals surface area contributed by atoms with Crippen molar-refractivity contribution < 1.29 is 4.74 Å². The molecule has 4 unspecified atom stereocenters. The summed E-state index contributed by atoms with van der Waals surface area (Å²) in [6.07, 6.45) is 4.69. The van der Waals surface area contributed by atoms with Gasteiger partial charge in [0.15, 0.2) is 0 Å². The van der Waals surface area contributed by atoms with Gasteiger partial charge in [-0.05, 0) is 68.4 Å². The Kier molecular flexibility index (Phi) is 9.61. The van der Waals surface area contributed by atoms with E-state index in [0.29, 0.717) is 21.1 Å². The third-order valence-electron chi connectivity index (χ3n) is 9.57. The summed E-state index contributed by atoms with van der Waals surface area (Å²) < 4.78 is 6.99. The maximum Gasteiger partial charge on any atom is 0.127 e. The second kappa shape index (κ2) is 12.6. The number of nitrogens with one attached hydrogen (secondary N) is 1. The van der Waals surface area contributed by atoms with Crippen LogP contribution in [-0.4, -0.2) is 7.05 Å². The second-order valence-electron chi connectivity index (χ2n) is 12.0. The molecule has 210 valence electrons. The zero-order valence-corrected chi connectivity index (χ0v) is 26.6. The highest BCUT2D eigenvalue weighted by Gasteiger charge is 2.59. The Bertz CT molecular complexity index is 1250. The zero-order valence-electron chi connectivity index (χ0n) is 25.6. The molecule has 3 aromatic rings. The minimum atomic E-state index is 0.0271. The average molecular weight is 544 g/mol. The Labute approximate surface area is 240 Å². The van der Waals surface area contributed by atoms with Gasteiger partial charge in [0.25, 0.3) is 0 Å². The van der Waals surface area contributed by atoms with Crippen LogP contribution >= 0.6 is 8.58 Å². The van der Waals surface area contributed by atoms with Crippen molar-refractivity contribution in [2.24, 2.45) is 11.8 Å². The van der Waals surface area contributed by atoms with Crippen LogP contribution in [0.4, 0.5) is 0 Å². The number of ether oxygens (including phenoxy) is 1. The molecular weight excluding hydrogens is 493 g/mol. The van der Waals surface area contributed by atoms with E-state index >= 15 is 0 Å². The molecule has 3 aromatic carbocycles. The summed E-state index contributed by atoms with van der Waals surface area (Å²) in [5.41, 5.74) is 8.36. The molecule has 1 aliphatic carbocycles. The zero-order chi connectivity index (χ0) is 28.2. The first kappa shape index (κ1) is 29.8. The summed E-state index contributed by atoms with van der Waals surface area (Å²) in [7, 11) is 2.73. The minimum Gasteiger partial charge on any atom is -0.488 e. The predicted molar refractivity (Wildman–Crippen MR) is 171 cm³/mol. The summed E-state index contributed by atoms with van der Waals surface area (Å²) in [6, 6.07) is 22.6. The van der Waals surface area contributed by atoms with Crippen LogP contribution in [0.2, 0.25) is 0 Å². The topological polar surface area (TPSA) is 21.3 Å². The standard InChI is InChI=1S/C36H50NOP/c1-9-15-30-27(6)35(30,7)31-21-26(5)22-32(34(31)38-24-28-16-13-12-14-17-28)36(10-2,11-3)39-33-19-18-25(4)20-29(33)23-37-8/h12-14,16-22,27,30,37,39H,9-11,15,23-24H2,1-8H3. The van der Waals surface area contributed by atoms with Crippen molar-refractivity contribution in [1.29, 1.82) is 0 Å². The molecule has 0 bridgehead atoms. The molecule has 2 nitrogen and oxygen atoms in total. The molecule has 3 heteroatoms. The molecule has 1 fully saturated rings. The van der Waals surface area contributed by atoms with E-state index in [0.717, 1.165) is 31.1 Å². The molecule has 4 rings (SSSR count). The molecule has 0 aliphatic heterocycles. The van der Waals surface area contributed by atoms with E-state index in [1.165, 1.54) is 51.5 Å². The van der Waals surface area contributed by atoms with E-state index in [4.69, 9.17) is 4.74 Å². The van der Waals surface area contributed by atoms with Crippen molar-refractivity contribution in [3.8, 4) is 5.75 Å². The fourth-order valence-electron chi connectivity index (χ4n) is 6.87. The minimum absolute atomic E-state index is 0.0271. The second-order valence-corrected chi connectivity index (χ2v) is 13.8. The first-order valence-corrected chi connectivity index (χ1v) is 16.1. The van der Waals surface area contributed by atoms with Gasteiger partial charge >= 0.3 is 0 Å². The summed E-state index contributed by atoms with van der Waals surface area (Å²) in [4.78, 5) is 0. The lowest BCUT2D eigenvalue weighted by Crippen LogP contribution is -2.26. The van der Waals surface area contributed by atoms with Crippen LogP contribution in [-0.2, 0) is 23.7 Å². The van der Waals surface area contributed by atoms with E-state index < -0.39 is 0 Å². The maximum absolute atomic E-state index is 6.99. The average Bonchev–Trinajstić information content (AvgIpc) is 3.47.